The molecule has 0 saturated carbocycles. The molecule has 10 heteroatoms. The summed E-state index contributed by atoms with van der Waals surface area (Å²) < 4.78 is 20.1. The zero-order valence-corrected chi connectivity index (χ0v) is 13.9. The van der Waals surface area contributed by atoms with Crippen molar-refractivity contribution in [3.8, 4) is 16.9 Å². The number of pyridine rings is 3. The Balaban J connectivity index is 1.55. The number of aromatic amines is 1. The van der Waals surface area contributed by atoms with Gasteiger partial charge in [-0.2, -0.15) is 0 Å². The van der Waals surface area contributed by atoms with Crippen molar-refractivity contribution in [3.63, 3.8) is 0 Å². The van der Waals surface area contributed by atoms with Crippen molar-refractivity contribution in [1.82, 2.24) is 30.4 Å². The van der Waals surface area contributed by atoms with Gasteiger partial charge in [0.1, 0.15) is 23.9 Å². The number of nitrogens with one attached hydrogen (secondary N) is 1. The van der Waals surface area contributed by atoms with Crippen LogP contribution in [0.1, 0.15) is 11.4 Å². The number of ether oxygens (including phenoxy) is 1. The predicted molar refractivity (Wildman–Crippen MR) is 93.8 cm³/mol. The lowest BCUT2D eigenvalue weighted by molar-refractivity contribution is 0.277. The van der Waals surface area contributed by atoms with E-state index >= 15 is 0 Å². The molecule has 4 aromatic heterocycles. The minimum absolute atomic E-state index is 0.112. The summed E-state index contributed by atoms with van der Waals surface area (Å²) in [5, 5.41) is 19.2. The number of hydrogen-bond acceptors (Lipinski definition) is 8. The first kappa shape index (κ1) is 16.8. The Morgan fingerprint density at radius 2 is 2.00 bits per heavy atom. The number of rotatable bonds is 5. The van der Waals surface area contributed by atoms with Crippen LogP contribution in [0.2, 0.25) is 0 Å². The fourth-order valence-corrected chi connectivity index (χ4v) is 2.51. The monoisotopic (exact) mass is 367 g/mol. The van der Waals surface area contributed by atoms with Gasteiger partial charge in [-0.05, 0) is 12.1 Å². The van der Waals surface area contributed by atoms with Gasteiger partial charge in [-0.3, -0.25) is 9.97 Å². The molecular weight excluding hydrogens is 353 g/mol. The molecule has 0 saturated heterocycles. The second-order valence-electron chi connectivity index (χ2n) is 5.69. The number of nitrogens with zero attached hydrogens (tertiary/aromatic N) is 5. The molecule has 0 atom stereocenters. The molecule has 27 heavy (non-hydrogen) atoms. The highest BCUT2D eigenvalue weighted by Crippen LogP contribution is 2.25. The topological polar surface area (TPSA) is 136 Å². The Hall–Kier alpha value is -3.66. The van der Waals surface area contributed by atoms with E-state index in [1.165, 1.54) is 18.3 Å². The van der Waals surface area contributed by atoms with E-state index in [9.17, 15) is 4.39 Å². The highest BCUT2D eigenvalue weighted by molar-refractivity contribution is 5.78. The lowest BCUT2D eigenvalue weighted by Crippen LogP contribution is -2.03. The quantitative estimate of drug-likeness (QED) is 0.484. The van der Waals surface area contributed by atoms with Gasteiger partial charge < -0.3 is 15.6 Å². The summed E-state index contributed by atoms with van der Waals surface area (Å²) in [7, 11) is 0. The third-order valence-electron chi connectivity index (χ3n) is 3.89. The maximum absolute atomic E-state index is 14.4. The number of anilines is 1. The average Bonchev–Trinajstić information content (AvgIpc) is 3.15. The van der Waals surface area contributed by atoms with Crippen molar-refractivity contribution < 1.29 is 14.2 Å². The van der Waals surface area contributed by atoms with Crippen molar-refractivity contribution in [2.45, 2.75) is 13.2 Å². The highest BCUT2D eigenvalue weighted by atomic mass is 19.1. The summed E-state index contributed by atoms with van der Waals surface area (Å²) in [6.45, 7) is -0.263. The van der Waals surface area contributed by atoms with Gasteiger partial charge in [0.15, 0.2) is 16.9 Å². The standard InChI is InChI=1S/C17H14FN7O2/c18-12-3-10(9-1-2-11(7-26)20-5-9)6-21-13(12)8-27-14-4-15(19)22-17-16(14)23-25-24-17/h1-6,26H,7-8H2,(H3,19,22,23,24,25). The number of nitrogens with two attached hydrogens (primary N) is 1. The van der Waals surface area contributed by atoms with Gasteiger partial charge in [0.2, 0.25) is 0 Å². The van der Waals surface area contributed by atoms with Crippen LogP contribution >= 0.6 is 0 Å². The normalized spacial score (nSPS) is 11.0. The Morgan fingerprint density at radius 3 is 2.74 bits per heavy atom. The number of hydrogen-bond donors (Lipinski definition) is 3. The maximum Gasteiger partial charge on any atom is 0.181 e. The molecule has 4 aromatic rings. The number of nitrogen functional groups attached to an aromatic ring is 1. The Bertz CT molecular complexity index is 1100. The van der Waals surface area contributed by atoms with Crippen LogP contribution < -0.4 is 10.5 Å². The van der Waals surface area contributed by atoms with E-state index in [-0.39, 0.29) is 24.7 Å². The Labute approximate surface area is 152 Å². The molecule has 4 rings (SSSR count). The van der Waals surface area contributed by atoms with E-state index in [0.717, 1.165) is 0 Å². The Kier molecular flexibility index (Phi) is 4.30. The van der Waals surface area contributed by atoms with Crippen LogP contribution in [0.15, 0.2) is 36.7 Å². The number of fused-ring (bicyclic) bond motifs is 1. The van der Waals surface area contributed by atoms with Gasteiger partial charge in [0.25, 0.3) is 0 Å². The molecule has 0 bridgehead atoms. The molecule has 0 unspecified atom stereocenters. The second-order valence-corrected chi connectivity index (χ2v) is 5.69. The summed E-state index contributed by atoms with van der Waals surface area (Å²) in [6.07, 6.45) is 3.09. The zero-order valence-electron chi connectivity index (χ0n) is 13.9. The van der Waals surface area contributed by atoms with Crippen LogP contribution in [0.3, 0.4) is 0 Å². The molecule has 4 heterocycles. The largest absolute Gasteiger partial charge is 0.485 e. The van der Waals surface area contributed by atoms with Gasteiger partial charge in [-0.15, -0.1) is 5.10 Å². The first-order valence-electron chi connectivity index (χ1n) is 7.94. The first-order chi connectivity index (χ1) is 13.1. The van der Waals surface area contributed by atoms with Crippen LogP contribution in [0.5, 0.6) is 5.75 Å². The summed E-state index contributed by atoms with van der Waals surface area (Å²) >= 11 is 0. The number of aliphatic hydroxyl groups is 1. The van der Waals surface area contributed by atoms with Crippen molar-refractivity contribution in [2.75, 3.05) is 5.73 Å². The van der Waals surface area contributed by atoms with E-state index < -0.39 is 5.82 Å². The fourth-order valence-electron chi connectivity index (χ4n) is 2.51. The summed E-state index contributed by atoms with van der Waals surface area (Å²) in [5.74, 6) is 0.0450. The SMILES string of the molecule is Nc1cc(OCc2ncc(-c3ccc(CO)nc3)cc2F)c2nn[nH]c2n1. The average molecular weight is 367 g/mol. The molecule has 0 aliphatic carbocycles. The summed E-state index contributed by atoms with van der Waals surface area (Å²) in [5.41, 5.74) is 8.42. The smallest absolute Gasteiger partial charge is 0.181 e. The lowest BCUT2D eigenvalue weighted by Gasteiger charge is -2.09. The molecule has 9 nitrogen and oxygen atoms in total. The minimum atomic E-state index is -0.517. The number of aliphatic hydroxyl groups excluding tert-OH is 1. The highest BCUT2D eigenvalue weighted by Gasteiger charge is 2.12. The molecule has 0 aromatic carbocycles. The molecule has 0 spiro atoms. The van der Waals surface area contributed by atoms with Crippen LogP contribution in [0.4, 0.5) is 10.2 Å². The van der Waals surface area contributed by atoms with Crippen LogP contribution in [-0.4, -0.2) is 35.5 Å². The number of H-pyrrole nitrogens is 1. The van der Waals surface area contributed by atoms with Crippen LogP contribution in [0.25, 0.3) is 22.3 Å². The Morgan fingerprint density at radius 1 is 1.15 bits per heavy atom. The zero-order chi connectivity index (χ0) is 18.8. The van der Waals surface area contributed by atoms with Crippen molar-refractivity contribution in [2.24, 2.45) is 0 Å². The molecule has 0 fully saturated rings. The molecule has 0 radical (unpaired) electrons. The van der Waals surface area contributed by atoms with Gasteiger partial charge in [0.05, 0.1) is 12.3 Å². The molecule has 0 aliphatic heterocycles. The molecule has 0 aliphatic rings. The van der Waals surface area contributed by atoms with Crippen molar-refractivity contribution >= 4 is 17.0 Å². The maximum atomic E-state index is 14.4. The lowest BCUT2D eigenvalue weighted by atomic mass is 10.1. The number of halogens is 1. The number of aromatic nitrogens is 6. The van der Waals surface area contributed by atoms with Gasteiger partial charge in [-0.25, -0.2) is 14.5 Å². The third-order valence-corrected chi connectivity index (χ3v) is 3.89. The summed E-state index contributed by atoms with van der Waals surface area (Å²) in [6, 6.07) is 6.26. The minimum Gasteiger partial charge on any atom is -0.485 e. The first-order valence-corrected chi connectivity index (χ1v) is 7.94. The second kappa shape index (κ2) is 6.92. The van der Waals surface area contributed by atoms with Crippen molar-refractivity contribution in [1.29, 1.82) is 0 Å². The van der Waals surface area contributed by atoms with Crippen molar-refractivity contribution in [3.05, 3.63) is 53.9 Å². The van der Waals surface area contributed by atoms with E-state index in [2.05, 4.69) is 30.4 Å². The molecule has 4 N–H and O–H groups in total. The van der Waals surface area contributed by atoms with E-state index in [4.69, 9.17) is 15.6 Å². The van der Waals surface area contributed by atoms with Gasteiger partial charge in [-0.1, -0.05) is 11.3 Å². The van der Waals surface area contributed by atoms with Crippen LogP contribution in [0, 0.1) is 5.82 Å². The fraction of sp³-hybridized carbons (Fsp3) is 0.118. The van der Waals surface area contributed by atoms with Gasteiger partial charge >= 0.3 is 0 Å². The van der Waals surface area contributed by atoms with E-state index in [0.29, 0.717) is 33.7 Å². The van der Waals surface area contributed by atoms with Crippen LogP contribution in [-0.2, 0) is 13.2 Å². The third kappa shape index (κ3) is 3.37. The van der Waals surface area contributed by atoms with E-state index in [1.54, 1.807) is 18.3 Å². The van der Waals surface area contributed by atoms with E-state index in [1.807, 2.05) is 0 Å². The predicted octanol–water partition coefficient (Wildman–Crippen LogP) is 1.60. The molecule has 136 valence electrons. The van der Waals surface area contributed by atoms with Gasteiger partial charge in [0, 0.05) is 29.6 Å². The molecular formula is C17H14FN7O2. The molecule has 0 amide bonds. The summed E-state index contributed by atoms with van der Waals surface area (Å²) in [4.78, 5) is 12.2.